The Bertz CT molecular complexity index is 3040. The molecule has 20 heteroatoms. The van der Waals surface area contributed by atoms with E-state index in [1.807, 2.05) is 17.0 Å². The number of nitrogens with one attached hydrogen (secondary N) is 4. The van der Waals surface area contributed by atoms with Crippen LogP contribution in [0, 0.1) is 45.9 Å². The van der Waals surface area contributed by atoms with Crippen molar-refractivity contribution in [1.82, 2.24) is 15.5 Å². The van der Waals surface area contributed by atoms with Crippen molar-refractivity contribution in [3.05, 3.63) is 168 Å². The van der Waals surface area contributed by atoms with Crippen LogP contribution in [0.1, 0.15) is 157 Å². The van der Waals surface area contributed by atoms with Crippen LogP contribution in [0.4, 0.5) is 38.0 Å². The van der Waals surface area contributed by atoms with Crippen LogP contribution < -0.4 is 26.2 Å². The Morgan fingerprint density at radius 3 is 1.43 bits per heavy atom. The number of hydrogen-bond donors (Lipinski definition) is 6. The molecule has 6 amide bonds. The fraction of sp³-hybridized carbons (Fsp3) is 0.419. The summed E-state index contributed by atoms with van der Waals surface area (Å²) in [4.78, 5) is 98.6. The zero-order valence-electron chi connectivity index (χ0n) is 46.6. The van der Waals surface area contributed by atoms with Crippen molar-refractivity contribution < 1.29 is 48.8 Å². The molecule has 0 radical (unpaired) electrons. The SMILES string of the molecule is Cc1ccc(NC(=O)N(Cc2ccc(C(=O)NCCC(=O)O)cc2)C2CCC(C3CCCCC3)CC2)cc1[N+](=O)[O-].Cc1ccc(NC(=O)N(Cc2ccc(C(=O)NCCC(=O)O)cc2)c2ccc(C3CCCCC3)cc2)cc1[N+](=O)[O-]. The molecule has 3 fully saturated rings. The van der Waals surface area contributed by atoms with Crippen molar-refractivity contribution in [2.45, 2.75) is 142 Å². The zero-order chi connectivity index (χ0) is 58.7. The monoisotopic (exact) mass is 1120 g/mol. The van der Waals surface area contributed by atoms with Crippen LogP contribution in [0.25, 0.3) is 0 Å². The van der Waals surface area contributed by atoms with E-state index in [2.05, 4.69) is 33.4 Å². The number of hydrogen-bond acceptors (Lipinski definition) is 10. The third kappa shape index (κ3) is 17.7. The number of urea groups is 2. The number of anilines is 3. The lowest BCUT2D eigenvalue weighted by Gasteiger charge is -2.40. The maximum absolute atomic E-state index is 13.6. The molecule has 6 N–H and O–H groups in total. The van der Waals surface area contributed by atoms with Crippen molar-refractivity contribution in [3.8, 4) is 0 Å². The molecule has 5 aromatic carbocycles. The first-order chi connectivity index (χ1) is 39.4. The molecule has 0 atom stereocenters. The summed E-state index contributed by atoms with van der Waals surface area (Å²) >= 11 is 0. The summed E-state index contributed by atoms with van der Waals surface area (Å²) in [6.45, 7) is 3.89. The van der Waals surface area contributed by atoms with Crippen LogP contribution in [0.15, 0.2) is 109 Å². The Morgan fingerprint density at radius 1 is 0.524 bits per heavy atom. The Balaban J connectivity index is 0.000000236. The summed E-state index contributed by atoms with van der Waals surface area (Å²) in [6.07, 6.45) is 16.3. The highest BCUT2D eigenvalue weighted by Crippen LogP contribution is 2.40. The number of carboxylic acid groups (broad SMARTS) is 2. The number of carbonyl (C=O) groups excluding carboxylic acids is 4. The molecular weight excluding hydrogens is 1050 g/mol. The molecule has 0 aliphatic heterocycles. The van der Waals surface area contributed by atoms with Gasteiger partial charge in [0, 0.05) is 77.1 Å². The number of aryl methyl sites for hydroxylation is 2. The number of nitro groups is 2. The third-order valence-electron chi connectivity index (χ3n) is 16.0. The van der Waals surface area contributed by atoms with Crippen molar-refractivity contribution >= 4 is 64.3 Å². The van der Waals surface area contributed by atoms with E-state index in [-0.39, 0.29) is 67.7 Å². The molecular formula is C62H74N8O12. The summed E-state index contributed by atoms with van der Waals surface area (Å²) in [5.41, 5.74) is 5.90. The first-order valence-electron chi connectivity index (χ1n) is 28.4. The van der Waals surface area contributed by atoms with Gasteiger partial charge in [-0.1, -0.05) is 99.9 Å². The van der Waals surface area contributed by atoms with Crippen molar-refractivity contribution in [1.29, 1.82) is 0 Å². The second-order valence-corrected chi connectivity index (χ2v) is 21.7. The van der Waals surface area contributed by atoms with Crippen LogP contribution in [-0.2, 0) is 22.7 Å². The highest BCUT2D eigenvalue weighted by Gasteiger charge is 2.33. The van der Waals surface area contributed by atoms with Crippen LogP contribution in [0.2, 0.25) is 0 Å². The molecule has 20 nitrogen and oxygen atoms in total. The topological polar surface area (TPSA) is 284 Å². The normalized spacial score (nSPS) is 16.3. The molecule has 5 aromatic rings. The standard InChI is InChI=1S/C31H40N4O6.C31H34N4O6/c2*1-21-7-14-26(19-28(21)35(40)41)33-31(39)34(27-15-12-24(13-16-27)23-5-3-2-4-6-23)20-22-8-10-25(11-9-22)30(38)32-18-17-29(36)37/h7-11,14,19,23-24,27H,2-6,12-13,15-18,20H2,1H3,(H,32,38)(H,33,39)(H,36,37);7-16,19,23H,2-6,17-18,20H2,1H3,(H,32,38)(H,33,39)(H,36,37). The maximum atomic E-state index is 13.6. The first-order valence-corrected chi connectivity index (χ1v) is 28.4. The quantitative estimate of drug-likeness (QED) is 0.0313. The summed E-state index contributed by atoms with van der Waals surface area (Å²) in [5.74, 6) is -0.703. The molecule has 3 aliphatic carbocycles. The van der Waals surface area contributed by atoms with Gasteiger partial charge >= 0.3 is 24.0 Å². The molecule has 3 saturated carbocycles. The Hall–Kier alpha value is -8.68. The van der Waals surface area contributed by atoms with Gasteiger partial charge in [-0.15, -0.1) is 0 Å². The van der Waals surface area contributed by atoms with Gasteiger partial charge in [0.15, 0.2) is 0 Å². The summed E-state index contributed by atoms with van der Waals surface area (Å²) in [6, 6.07) is 30.2. The molecule has 0 bridgehead atoms. The highest BCUT2D eigenvalue weighted by atomic mass is 16.6. The maximum Gasteiger partial charge on any atom is 0.326 e. The van der Waals surface area contributed by atoms with Crippen LogP contribution in [0.5, 0.6) is 0 Å². The van der Waals surface area contributed by atoms with Crippen LogP contribution >= 0.6 is 0 Å². The second kappa shape index (κ2) is 29.7. The van der Waals surface area contributed by atoms with Crippen LogP contribution in [0.3, 0.4) is 0 Å². The van der Waals surface area contributed by atoms with Gasteiger partial charge in [-0.3, -0.25) is 44.3 Å². The number of benzene rings is 5. The third-order valence-corrected chi connectivity index (χ3v) is 16.0. The van der Waals surface area contributed by atoms with Gasteiger partial charge < -0.3 is 36.4 Å². The average molecular weight is 1120 g/mol. The molecule has 3 aliphatic rings. The van der Waals surface area contributed by atoms with Gasteiger partial charge in [0.25, 0.3) is 23.2 Å². The molecule has 0 unspecified atom stereocenters. The molecule has 0 spiro atoms. The molecule has 0 saturated heterocycles. The summed E-state index contributed by atoms with van der Waals surface area (Å²) in [5, 5.41) is 51.2. The number of nitro benzene ring substituents is 2. The largest absolute Gasteiger partial charge is 0.481 e. The van der Waals surface area contributed by atoms with Crippen molar-refractivity contribution in [3.63, 3.8) is 0 Å². The molecule has 82 heavy (non-hydrogen) atoms. The number of rotatable bonds is 20. The number of carboxylic acids is 2. The van der Waals surface area contributed by atoms with E-state index in [9.17, 15) is 49.0 Å². The van der Waals surface area contributed by atoms with E-state index in [4.69, 9.17) is 10.2 Å². The van der Waals surface area contributed by atoms with Gasteiger partial charge in [0.2, 0.25) is 0 Å². The summed E-state index contributed by atoms with van der Waals surface area (Å²) < 4.78 is 0. The minimum absolute atomic E-state index is 0.0257. The molecule has 0 aromatic heterocycles. The van der Waals surface area contributed by atoms with Gasteiger partial charge in [-0.05, 0) is 135 Å². The molecule has 434 valence electrons. The average Bonchev–Trinajstić information content (AvgIpc) is 3.53. The minimum atomic E-state index is -0.994. The lowest BCUT2D eigenvalue weighted by atomic mass is 9.72. The predicted octanol–water partition coefficient (Wildman–Crippen LogP) is 12.7. The molecule has 8 rings (SSSR count). The number of nitrogens with zero attached hydrogens (tertiary/aromatic N) is 4. The van der Waals surface area contributed by atoms with Gasteiger partial charge in [-0.2, -0.15) is 0 Å². The van der Waals surface area contributed by atoms with E-state index in [0.717, 1.165) is 55.6 Å². The highest BCUT2D eigenvalue weighted by molar-refractivity contribution is 6.02. The predicted molar refractivity (Wildman–Crippen MR) is 312 cm³/mol. The van der Waals surface area contributed by atoms with E-state index < -0.39 is 27.8 Å². The number of aliphatic carboxylic acids is 2. The fourth-order valence-corrected chi connectivity index (χ4v) is 11.3. The lowest BCUT2D eigenvalue weighted by Crippen LogP contribution is -2.44. The number of amides is 6. The Labute approximate surface area is 477 Å². The van der Waals surface area contributed by atoms with E-state index in [1.54, 1.807) is 91.5 Å². The number of carbonyl (C=O) groups is 6. The fourth-order valence-electron chi connectivity index (χ4n) is 11.3. The molecule has 0 heterocycles. The Morgan fingerprint density at radius 2 is 0.963 bits per heavy atom. The van der Waals surface area contributed by atoms with Crippen LogP contribution in [-0.4, -0.2) is 79.9 Å². The summed E-state index contributed by atoms with van der Waals surface area (Å²) in [7, 11) is 0. The van der Waals surface area contributed by atoms with Gasteiger partial charge in [0.05, 0.1) is 29.2 Å². The zero-order valence-corrected chi connectivity index (χ0v) is 46.6. The first kappa shape index (κ1) is 61.0. The smallest absolute Gasteiger partial charge is 0.326 e. The minimum Gasteiger partial charge on any atom is -0.481 e. The van der Waals surface area contributed by atoms with Gasteiger partial charge in [0.1, 0.15) is 0 Å². The lowest BCUT2D eigenvalue weighted by molar-refractivity contribution is -0.385. The Kier molecular flexibility index (Phi) is 22.1. The van der Waals surface area contributed by atoms with Gasteiger partial charge in [-0.25, -0.2) is 9.59 Å². The second-order valence-electron chi connectivity index (χ2n) is 21.7. The van der Waals surface area contributed by atoms with E-state index in [0.29, 0.717) is 57.7 Å². The van der Waals surface area contributed by atoms with Crippen molar-refractivity contribution in [2.24, 2.45) is 11.8 Å². The van der Waals surface area contributed by atoms with E-state index >= 15 is 0 Å². The van der Waals surface area contributed by atoms with E-state index in [1.165, 1.54) is 69.1 Å². The van der Waals surface area contributed by atoms with Crippen molar-refractivity contribution in [2.75, 3.05) is 28.6 Å².